The zero-order chi connectivity index (χ0) is 71.7. The predicted molar refractivity (Wildman–Crippen MR) is 180 cm³/mol. The van der Waals surface area contributed by atoms with E-state index in [2.05, 4.69) is 9.73 Å². The molecule has 0 heterocycles. The molecule has 1 amide bonds. The van der Waals surface area contributed by atoms with Crippen molar-refractivity contribution in [2.24, 2.45) is 9.98 Å². The highest BCUT2D eigenvalue weighted by Crippen LogP contribution is 2.72. The molecule has 0 fully saturated rings. The molecule has 1 aromatic carbocycles. The lowest BCUT2D eigenvalue weighted by molar-refractivity contribution is -0.497. The smallest absolute Gasteiger partial charge is 0.445 e. The van der Waals surface area contributed by atoms with E-state index in [0.29, 0.717) is 6.92 Å². The summed E-state index contributed by atoms with van der Waals surface area (Å²) in [6.45, 7) is -1.37. The first-order valence-electron chi connectivity index (χ1n) is 19.6. The lowest BCUT2D eigenvalue weighted by atomic mass is 9.81. The molecule has 1 aromatic rings. The summed E-state index contributed by atoms with van der Waals surface area (Å²) in [6, 6.07) is -0.185. The van der Waals surface area contributed by atoms with Gasteiger partial charge >= 0.3 is 137 Å². The van der Waals surface area contributed by atoms with Crippen LogP contribution in [0, 0.1) is 6.92 Å². The lowest BCUT2D eigenvalue weighted by Crippen LogP contribution is -2.81. The van der Waals surface area contributed by atoms with Crippen molar-refractivity contribution >= 4 is 35.4 Å². The second kappa shape index (κ2) is 21.5. The summed E-state index contributed by atoms with van der Waals surface area (Å²) >= 11 is 0. The van der Waals surface area contributed by atoms with Crippen molar-refractivity contribution in [3.8, 4) is 0 Å². The number of ether oxygens (including phenoxy) is 1. The number of carbonyl (C=O) groups excluding carboxylic acids is 4. The molecule has 53 heteroatoms. The van der Waals surface area contributed by atoms with Crippen molar-refractivity contribution in [1.82, 2.24) is 5.32 Å². The first-order chi connectivity index (χ1) is 37.9. The Balaban J connectivity index is 4.39. The lowest BCUT2D eigenvalue weighted by Gasteiger charge is -2.47. The minimum atomic E-state index is -10.9. The second-order valence-electron chi connectivity index (χ2n) is 16.6. The monoisotopic (exact) mass is 1410 g/mol. The van der Waals surface area contributed by atoms with Crippen LogP contribution in [0.4, 0.5) is 209 Å². The summed E-state index contributed by atoms with van der Waals surface area (Å²) in [5.41, 5.74) is -13.2. The van der Waals surface area contributed by atoms with E-state index in [9.17, 15) is 190 Å². The number of hydrogen-bond acceptors (Lipinski definition) is 7. The summed E-state index contributed by atoms with van der Waals surface area (Å²) in [6.07, 6.45) is -8.45. The van der Waals surface area contributed by atoms with E-state index >= 15 is 26.3 Å². The highest BCUT2D eigenvalue weighted by Gasteiger charge is 3.04. The van der Waals surface area contributed by atoms with Gasteiger partial charge in [-0.2, -0.15) is 208 Å². The van der Waals surface area contributed by atoms with Crippen LogP contribution in [0.1, 0.15) is 28.4 Å². The minimum absolute atomic E-state index is 0.0208. The van der Waals surface area contributed by atoms with E-state index < -0.39 is 177 Å². The third-order valence-corrected chi connectivity index (χ3v) is 11.1. The first kappa shape index (κ1) is 79.8. The average Bonchev–Trinajstić information content (AvgIpc) is 0.718. The van der Waals surface area contributed by atoms with Crippen LogP contribution in [0.25, 0.3) is 0 Å². The number of benzene rings is 1. The van der Waals surface area contributed by atoms with Crippen LogP contribution < -0.4 is 5.32 Å². The fraction of sp³-hybridized carbons (Fsp3) is 0.714. The number of hydrogen-bond donors (Lipinski definition) is 1. The number of aryl methyl sites for hydroxylation is 1. The van der Waals surface area contributed by atoms with Gasteiger partial charge in [-0.1, -0.05) is 0 Å². The van der Waals surface area contributed by atoms with E-state index in [1.165, 1.54) is 0 Å². The molecule has 0 atom stereocenters. The van der Waals surface area contributed by atoms with Crippen LogP contribution in [0.3, 0.4) is 0 Å². The molecule has 0 aromatic heterocycles. The number of esters is 1. The Bertz CT molecular complexity index is 2930. The molecule has 0 aliphatic rings. The van der Waals surface area contributed by atoms with Crippen LogP contribution >= 0.6 is 0 Å². The first-order valence-corrected chi connectivity index (χ1v) is 19.6. The normalized spacial score (nSPS) is 15.8. The standard InChI is InChI=1S/C35H10F45N3O5/c1-7-3-9(81-4-84)12(82-5-85)11(10(7)13(87)83-6-88-8(2)86)14(36,37)15(38,39)16(40,41)17(42,43)18(44,45)19(46,47)20(48,49)21(50,51)22(52,53)23(54,55)24(56,57)25(58,59)26(60,61)27(62,63)28(64,65)29(66,67)30(68,69)31(70,71)32(72,73)33(74,75)34(76,77)35(78,79)80/h3H,6H2,1-2H3,(H,83,87). The van der Waals surface area contributed by atoms with Crippen LogP contribution in [0.5, 0.6) is 0 Å². The summed E-state index contributed by atoms with van der Waals surface area (Å²) in [5.74, 6) is -220. The number of nitrogens with zero attached hydrogens (tertiary/aromatic N) is 2. The molecule has 0 saturated carbocycles. The van der Waals surface area contributed by atoms with E-state index in [1.807, 2.05) is 4.99 Å². The number of halogens is 45. The van der Waals surface area contributed by atoms with Crippen molar-refractivity contribution in [2.75, 3.05) is 6.73 Å². The molecular weight excluding hydrogens is 1400 g/mol. The molecular formula is C35H10F45N3O5. The fourth-order valence-electron chi connectivity index (χ4n) is 6.05. The molecule has 0 saturated heterocycles. The van der Waals surface area contributed by atoms with E-state index in [-0.39, 0.29) is 25.1 Å². The molecule has 0 bridgehead atoms. The maximum absolute atomic E-state index is 15.8. The molecule has 88 heavy (non-hydrogen) atoms. The van der Waals surface area contributed by atoms with Gasteiger partial charge in [-0.3, -0.25) is 9.59 Å². The Morgan fingerprint density at radius 3 is 0.795 bits per heavy atom. The van der Waals surface area contributed by atoms with Crippen molar-refractivity contribution in [3.05, 3.63) is 22.8 Å². The Hall–Kier alpha value is -6.23. The number of alkyl halides is 45. The summed E-state index contributed by atoms with van der Waals surface area (Å²) in [7, 11) is 0. The molecule has 0 aliphatic heterocycles. The molecule has 0 unspecified atom stereocenters. The highest BCUT2D eigenvalue weighted by atomic mass is 19.4. The van der Waals surface area contributed by atoms with Crippen molar-refractivity contribution in [3.63, 3.8) is 0 Å². The van der Waals surface area contributed by atoms with E-state index in [4.69, 9.17) is 0 Å². The molecule has 1 rings (SSSR count). The van der Waals surface area contributed by atoms with E-state index in [0.717, 1.165) is 5.32 Å². The van der Waals surface area contributed by atoms with Gasteiger partial charge in [-0.15, -0.1) is 0 Å². The average molecular weight is 1410 g/mol. The predicted octanol–water partition coefficient (Wildman–Crippen LogP) is 15.5. The Labute approximate surface area is 447 Å². The van der Waals surface area contributed by atoms with Crippen LogP contribution in [-0.4, -0.2) is 155 Å². The Morgan fingerprint density at radius 2 is 0.591 bits per heavy atom. The SMILES string of the molecule is CC(=O)OCNC(=O)c1c(C)cc(N=C=O)c(N=C=O)c1C(F)(F)C(F)(F)C(F)(F)C(F)(F)C(F)(F)C(F)(F)C(F)(F)C(F)(F)C(F)(F)C(F)(F)C(F)(F)C(F)(F)C(F)(F)C(F)(F)C(F)(F)C(F)(F)C(F)(F)C(F)(F)C(F)(F)C(F)(F)C(F)(F)C(F)(F)F. The summed E-state index contributed by atoms with van der Waals surface area (Å²) in [5, 5.41) is 1.01. The van der Waals surface area contributed by atoms with Gasteiger partial charge in [0.05, 0.1) is 11.1 Å². The fourth-order valence-corrected chi connectivity index (χ4v) is 6.05. The third kappa shape index (κ3) is 9.80. The number of nitrogens with one attached hydrogen (secondary N) is 1. The molecule has 510 valence electrons. The summed E-state index contributed by atoms with van der Waals surface area (Å²) in [4.78, 5) is 49.7. The Morgan fingerprint density at radius 1 is 0.375 bits per heavy atom. The van der Waals surface area contributed by atoms with Crippen LogP contribution in [0.15, 0.2) is 16.1 Å². The molecule has 0 aliphatic carbocycles. The molecule has 8 nitrogen and oxygen atoms in total. The van der Waals surface area contributed by atoms with Crippen molar-refractivity contribution in [2.45, 2.75) is 144 Å². The maximum atomic E-state index is 15.8. The van der Waals surface area contributed by atoms with Crippen molar-refractivity contribution in [1.29, 1.82) is 0 Å². The van der Waals surface area contributed by atoms with Crippen molar-refractivity contribution < 1.29 is 221 Å². The van der Waals surface area contributed by atoms with Gasteiger partial charge < -0.3 is 10.1 Å². The maximum Gasteiger partial charge on any atom is 0.460 e. The van der Waals surface area contributed by atoms with E-state index in [1.54, 1.807) is 0 Å². The number of carbonyl (C=O) groups is 2. The molecule has 0 radical (unpaired) electrons. The van der Waals surface area contributed by atoms with Gasteiger partial charge in [0.25, 0.3) is 5.91 Å². The molecule has 0 spiro atoms. The van der Waals surface area contributed by atoms with Gasteiger partial charge in [0.1, 0.15) is 11.4 Å². The largest absolute Gasteiger partial charge is 0.460 e. The summed E-state index contributed by atoms with van der Waals surface area (Å²) < 4.78 is 645. The number of rotatable bonds is 26. The zero-order valence-electron chi connectivity index (χ0n) is 39.2. The molecule has 1 N–H and O–H groups in total. The van der Waals surface area contributed by atoms with Gasteiger partial charge in [-0.05, 0) is 18.6 Å². The number of amides is 1. The van der Waals surface area contributed by atoms with Gasteiger partial charge in [-0.25, -0.2) is 9.59 Å². The Kier molecular flexibility index (Phi) is 19.5. The van der Waals surface area contributed by atoms with Gasteiger partial charge in [0.15, 0.2) is 6.73 Å². The number of aliphatic imine (C=N–C) groups is 2. The van der Waals surface area contributed by atoms with Crippen LogP contribution in [-0.2, 0) is 25.0 Å². The quantitative estimate of drug-likeness (QED) is 0.0326. The van der Waals surface area contributed by atoms with Gasteiger partial charge in [0.2, 0.25) is 12.2 Å². The zero-order valence-corrected chi connectivity index (χ0v) is 39.2. The second-order valence-corrected chi connectivity index (χ2v) is 16.6. The highest BCUT2D eigenvalue weighted by molar-refractivity contribution is 6.00. The number of isocyanates is 2. The minimum Gasteiger partial charge on any atom is -0.445 e. The van der Waals surface area contributed by atoms with Gasteiger partial charge in [0, 0.05) is 6.92 Å². The topological polar surface area (TPSA) is 114 Å². The van der Waals surface area contributed by atoms with Crippen LogP contribution in [0.2, 0.25) is 0 Å². The third-order valence-electron chi connectivity index (χ3n) is 11.1.